The van der Waals surface area contributed by atoms with Gasteiger partial charge in [0, 0.05) is 20.4 Å². The Bertz CT molecular complexity index is 214. The average Bonchev–Trinajstić information content (AvgIpc) is 2.07. The standard InChI is InChI=1S/C11H27N3O3/c1-9(13)14(16-7-6-12)17-11(4,5)8-10(2,3)15/h9,15H,6-8,12-13H2,1-5H3/p+1. The van der Waals surface area contributed by atoms with Crippen molar-refractivity contribution in [2.24, 2.45) is 11.5 Å². The van der Waals surface area contributed by atoms with Crippen LogP contribution in [0.2, 0.25) is 0 Å². The van der Waals surface area contributed by atoms with Gasteiger partial charge in [-0.1, -0.05) is 0 Å². The maximum Gasteiger partial charge on any atom is 0.160 e. The molecular weight excluding hydrogens is 222 g/mol. The van der Waals surface area contributed by atoms with E-state index < -0.39 is 17.4 Å². The second-order valence-electron chi connectivity index (χ2n) is 5.56. The van der Waals surface area contributed by atoms with Crippen LogP contribution in [0, 0.1) is 0 Å². The molecule has 104 valence electrons. The average molecular weight is 250 g/mol. The smallest absolute Gasteiger partial charge is 0.160 e. The highest BCUT2D eigenvalue weighted by atomic mass is 17.0. The van der Waals surface area contributed by atoms with E-state index in [-0.39, 0.29) is 0 Å². The fourth-order valence-electron chi connectivity index (χ4n) is 1.71. The summed E-state index contributed by atoms with van der Waals surface area (Å²) < 4.78 is 0. The van der Waals surface area contributed by atoms with Gasteiger partial charge in [-0.3, -0.25) is 9.68 Å². The topological polar surface area (TPSA) is 96.6 Å². The fraction of sp³-hybridized carbons (Fsp3) is 1.00. The second-order valence-corrected chi connectivity index (χ2v) is 5.56. The van der Waals surface area contributed by atoms with Crippen LogP contribution in [0.1, 0.15) is 41.0 Å². The Hall–Kier alpha value is -0.240. The Morgan fingerprint density at radius 1 is 1.29 bits per heavy atom. The molecule has 0 amide bonds. The Kier molecular flexibility index (Phi) is 6.53. The number of hydrogen-bond donors (Lipinski definition) is 2. The van der Waals surface area contributed by atoms with E-state index in [2.05, 4.69) is 0 Å². The summed E-state index contributed by atoms with van der Waals surface area (Å²) in [5.74, 6) is 0. The highest BCUT2D eigenvalue weighted by molar-refractivity contribution is 4.78. The van der Waals surface area contributed by atoms with Gasteiger partial charge in [-0.25, -0.2) is 0 Å². The van der Waals surface area contributed by atoms with Crippen LogP contribution in [0.3, 0.4) is 0 Å². The molecule has 1 atom stereocenters. The van der Waals surface area contributed by atoms with E-state index in [1.807, 2.05) is 27.7 Å². The molecular formula is C11H28N3O3+. The molecule has 0 aliphatic rings. The van der Waals surface area contributed by atoms with Crippen LogP contribution in [-0.2, 0) is 9.68 Å². The van der Waals surface area contributed by atoms with Crippen LogP contribution in [0.4, 0.5) is 0 Å². The first-order chi connectivity index (χ1) is 7.57. The zero-order valence-corrected chi connectivity index (χ0v) is 11.6. The maximum atomic E-state index is 7.89. The van der Waals surface area contributed by atoms with Gasteiger partial charge in [0.15, 0.2) is 5.60 Å². The lowest BCUT2D eigenvalue weighted by molar-refractivity contribution is -0.421. The summed E-state index contributed by atoms with van der Waals surface area (Å²) in [6.45, 7) is 10.0. The molecule has 0 saturated heterocycles. The van der Waals surface area contributed by atoms with Gasteiger partial charge in [-0.15, -0.1) is 0 Å². The molecule has 0 aromatic rings. The van der Waals surface area contributed by atoms with Gasteiger partial charge in [-0.05, 0) is 26.0 Å². The van der Waals surface area contributed by atoms with E-state index in [0.29, 0.717) is 19.6 Å². The number of hydrogen-bond acceptors (Lipinski definition) is 5. The van der Waals surface area contributed by atoms with Crippen molar-refractivity contribution in [3.63, 3.8) is 0 Å². The molecule has 6 N–H and O–H groups in total. The van der Waals surface area contributed by atoms with Crippen molar-refractivity contribution in [2.75, 3.05) is 13.2 Å². The van der Waals surface area contributed by atoms with E-state index in [4.69, 9.17) is 26.2 Å². The zero-order chi connectivity index (χ0) is 13.7. The van der Waals surface area contributed by atoms with Gasteiger partial charge in [0.2, 0.25) is 0 Å². The third-order valence-corrected chi connectivity index (χ3v) is 1.87. The lowest BCUT2D eigenvalue weighted by Gasteiger charge is -2.35. The first-order valence-corrected chi connectivity index (χ1v) is 5.89. The molecule has 0 aliphatic carbocycles. The normalized spacial score (nSPS) is 15.4. The van der Waals surface area contributed by atoms with Crippen molar-refractivity contribution in [2.45, 2.75) is 58.4 Å². The van der Waals surface area contributed by atoms with E-state index in [9.17, 15) is 0 Å². The van der Waals surface area contributed by atoms with Gasteiger partial charge in [0.25, 0.3) is 0 Å². The molecule has 17 heavy (non-hydrogen) atoms. The van der Waals surface area contributed by atoms with Gasteiger partial charge in [0.1, 0.15) is 6.17 Å². The van der Waals surface area contributed by atoms with Crippen LogP contribution < -0.4 is 11.5 Å². The summed E-state index contributed by atoms with van der Waals surface area (Å²) in [5, 5.41) is 9.15. The molecule has 0 aromatic carbocycles. The van der Waals surface area contributed by atoms with Crippen molar-refractivity contribution >= 4 is 0 Å². The summed E-state index contributed by atoms with van der Waals surface area (Å²) in [4.78, 5) is 11.0. The second kappa shape index (κ2) is 6.63. The number of hydroxylamine groups is 2. The Labute approximate surface area is 104 Å². The molecule has 1 unspecified atom stereocenters. The van der Waals surface area contributed by atoms with Gasteiger partial charge in [-0.2, -0.15) is 0 Å². The van der Waals surface area contributed by atoms with E-state index >= 15 is 0 Å². The SMILES string of the molecule is CC(N)N(OCCN)OC(C)(C)CC(C)(C)[OH2+]. The molecule has 0 aromatic heterocycles. The minimum absolute atomic E-state index is 0.349. The molecule has 6 nitrogen and oxygen atoms in total. The van der Waals surface area contributed by atoms with E-state index in [0.717, 1.165) is 0 Å². The van der Waals surface area contributed by atoms with Crippen molar-refractivity contribution in [1.29, 1.82) is 0 Å². The van der Waals surface area contributed by atoms with Crippen LogP contribution in [0.25, 0.3) is 0 Å². The van der Waals surface area contributed by atoms with Crippen molar-refractivity contribution in [1.82, 2.24) is 5.23 Å². The molecule has 0 saturated carbocycles. The zero-order valence-electron chi connectivity index (χ0n) is 11.6. The minimum Gasteiger partial charge on any atom is -0.441 e. The molecule has 0 heterocycles. The van der Waals surface area contributed by atoms with E-state index in [1.54, 1.807) is 6.92 Å². The first kappa shape index (κ1) is 16.8. The number of nitrogens with zero attached hydrogens (tertiary/aromatic N) is 1. The van der Waals surface area contributed by atoms with Crippen LogP contribution in [0.5, 0.6) is 0 Å². The summed E-state index contributed by atoms with van der Waals surface area (Å²) in [7, 11) is 0. The van der Waals surface area contributed by atoms with E-state index in [1.165, 1.54) is 5.23 Å². The van der Waals surface area contributed by atoms with Gasteiger partial charge >= 0.3 is 0 Å². The van der Waals surface area contributed by atoms with Gasteiger partial charge in [0.05, 0.1) is 18.6 Å². The van der Waals surface area contributed by atoms with Crippen molar-refractivity contribution in [3.05, 3.63) is 0 Å². The minimum atomic E-state index is -0.569. The van der Waals surface area contributed by atoms with Crippen LogP contribution in [0.15, 0.2) is 0 Å². The van der Waals surface area contributed by atoms with Crippen LogP contribution in [-0.4, -0.2) is 40.9 Å². The third kappa shape index (κ3) is 8.48. The quantitative estimate of drug-likeness (QED) is 0.361. The lowest BCUT2D eigenvalue weighted by atomic mass is 9.93. The predicted octanol–water partition coefficient (Wildman–Crippen LogP) is 0.0869. The highest BCUT2D eigenvalue weighted by Gasteiger charge is 2.34. The Morgan fingerprint density at radius 3 is 2.18 bits per heavy atom. The first-order valence-electron chi connectivity index (χ1n) is 5.89. The summed E-state index contributed by atoms with van der Waals surface area (Å²) in [6.07, 6.45) is 0.171. The summed E-state index contributed by atoms with van der Waals surface area (Å²) in [5.41, 5.74) is 10.0. The Morgan fingerprint density at radius 2 is 1.82 bits per heavy atom. The molecule has 0 aliphatic heterocycles. The van der Waals surface area contributed by atoms with Gasteiger partial charge < -0.3 is 16.6 Å². The largest absolute Gasteiger partial charge is 0.441 e. The predicted molar refractivity (Wildman–Crippen MR) is 68.0 cm³/mol. The fourth-order valence-corrected chi connectivity index (χ4v) is 1.71. The maximum absolute atomic E-state index is 7.89. The Balaban J connectivity index is 4.41. The molecule has 0 rings (SSSR count). The van der Waals surface area contributed by atoms with Crippen molar-refractivity contribution < 1.29 is 14.8 Å². The summed E-state index contributed by atoms with van der Waals surface area (Å²) in [6, 6.07) is 0. The monoisotopic (exact) mass is 250 g/mol. The third-order valence-electron chi connectivity index (χ3n) is 1.87. The van der Waals surface area contributed by atoms with Crippen molar-refractivity contribution in [3.8, 4) is 0 Å². The highest BCUT2D eigenvalue weighted by Crippen LogP contribution is 2.24. The summed E-state index contributed by atoms with van der Waals surface area (Å²) >= 11 is 0. The molecule has 0 radical (unpaired) electrons. The number of nitrogens with two attached hydrogens (primary N) is 2. The molecule has 0 bridgehead atoms. The number of rotatable bonds is 8. The lowest BCUT2D eigenvalue weighted by Crippen LogP contribution is -2.47. The molecule has 0 fully saturated rings. The molecule has 0 spiro atoms. The molecule has 6 heteroatoms. The van der Waals surface area contributed by atoms with Crippen LogP contribution >= 0.6 is 0 Å².